The Morgan fingerprint density at radius 1 is 1.38 bits per heavy atom. The van der Waals surface area contributed by atoms with E-state index in [9.17, 15) is 14.7 Å². The molecular weight excluding hydrogens is 266 g/mol. The summed E-state index contributed by atoms with van der Waals surface area (Å²) < 4.78 is 0. The molecule has 1 aromatic rings. The molecule has 2 N–H and O–H groups in total. The number of carboxylic acids is 1. The summed E-state index contributed by atoms with van der Waals surface area (Å²) >= 11 is 0. The molecule has 0 radical (unpaired) electrons. The highest BCUT2D eigenvalue weighted by atomic mass is 16.4. The van der Waals surface area contributed by atoms with Gasteiger partial charge in [0.2, 0.25) is 0 Å². The van der Waals surface area contributed by atoms with Crippen LogP contribution in [-0.2, 0) is 11.2 Å². The first-order valence-electron chi connectivity index (χ1n) is 7.31. The number of nitrogens with one attached hydrogen (secondary N) is 1. The molecule has 0 aliphatic heterocycles. The zero-order valence-electron chi connectivity index (χ0n) is 12.5. The van der Waals surface area contributed by atoms with Gasteiger partial charge in [-0.3, -0.25) is 4.79 Å². The molecule has 1 aliphatic rings. The molecule has 0 saturated heterocycles. The van der Waals surface area contributed by atoms with Gasteiger partial charge in [0.25, 0.3) is 5.91 Å². The molecule has 2 rings (SSSR count). The second-order valence-electron chi connectivity index (χ2n) is 5.70. The Bertz CT molecular complexity index is 592. The van der Waals surface area contributed by atoms with Gasteiger partial charge < -0.3 is 10.4 Å². The fourth-order valence-electron chi connectivity index (χ4n) is 2.62. The van der Waals surface area contributed by atoms with E-state index in [1.807, 2.05) is 19.1 Å². The third-order valence-electron chi connectivity index (χ3n) is 3.89. The van der Waals surface area contributed by atoms with Crippen LogP contribution in [0.5, 0.6) is 0 Å². The number of carboxylic acid groups (broad SMARTS) is 1. The maximum absolute atomic E-state index is 12.3. The Balaban J connectivity index is 2.20. The maximum atomic E-state index is 12.3. The number of carbonyl (C=O) groups is 2. The molecule has 112 valence electrons. The van der Waals surface area contributed by atoms with Crippen molar-refractivity contribution in [2.45, 2.75) is 45.1 Å². The van der Waals surface area contributed by atoms with E-state index in [1.54, 1.807) is 13.0 Å². The molecule has 4 heteroatoms. The first-order valence-corrected chi connectivity index (χ1v) is 7.31. The smallest absolute Gasteiger partial charge is 0.329 e. The molecule has 4 nitrogen and oxygen atoms in total. The van der Waals surface area contributed by atoms with Gasteiger partial charge in [0.05, 0.1) is 0 Å². The average Bonchev–Trinajstić information content (AvgIpc) is 2.46. The van der Waals surface area contributed by atoms with Crippen molar-refractivity contribution >= 4 is 18.0 Å². The normalized spacial score (nSPS) is 15.9. The number of rotatable bonds is 5. The summed E-state index contributed by atoms with van der Waals surface area (Å²) in [7, 11) is 0. The summed E-state index contributed by atoms with van der Waals surface area (Å²) in [6, 6.07) is 5.53. The number of benzene rings is 1. The van der Waals surface area contributed by atoms with Gasteiger partial charge in [-0.2, -0.15) is 0 Å². The van der Waals surface area contributed by atoms with Gasteiger partial charge in [-0.15, -0.1) is 0 Å². The van der Waals surface area contributed by atoms with Crippen LogP contribution < -0.4 is 5.32 Å². The monoisotopic (exact) mass is 287 g/mol. The van der Waals surface area contributed by atoms with Gasteiger partial charge in [-0.1, -0.05) is 31.6 Å². The molecule has 0 bridgehead atoms. The van der Waals surface area contributed by atoms with E-state index < -0.39 is 11.5 Å². The lowest BCUT2D eigenvalue weighted by Crippen LogP contribution is -2.52. The van der Waals surface area contributed by atoms with Gasteiger partial charge in [0.15, 0.2) is 0 Å². The zero-order valence-corrected chi connectivity index (χ0v) is 12.5. The van der Waals surface area contributed by atoms with E-state index >= 15 is 0 Å². The molecular formula is C17H21NO3. The first kappa shape index (κ1) is 15.3. The number of fused-ring (bicyclic) bond motifs is 1. The SMILES string of the molecule is CCCC(C)(NC(=O)c1ccc2c(c1)CCC=C2)C(=O)O. The van der Waals surface area contributed by atoms with Crippen molar-refractivity contribution in [2.75, 3.05) is 0 Å². The summed E-state index contributed by atoms with van der Waals surface area (Å²) in [6.07, 6.45) is 7.16. The molecule has 0 saturated carbocycles. The Morgan fingerprint density at radius 2 is 2.14 bits per heavy atom. The highest BCUT2D eigenvalue weighted by molar-refractivity contribution is 5.98. The second-order valence-corrected chi connectivity index (χ2v) is 5.70. The van der Waals surface area contributed by atoms with Gasteiger partial charge >= 0.3 is 5.97 Å². The Labute approximate surface area is 124 Å². The van der Waals surface area contributed by atoms with Gasteiger partial charge in [-0.05, 0) is 49.4 Å². The third kappa shape index (κ3) is 3.32. The van der Waals surface area contributed by atoms with Crippen LogP contribution in [0.25, 0.3) is 6.08 Å². The summed E-state index contributed by atoms with van der Waals surface area (Å²) in [5.41, 5.74) is 1.57. The van der Waals surface area contributed by atoms with Gasteiger partial charge in [0, 0.05) is 5.56 Å². The quantitative estimate of drug-likeness (QED) is 0.874. The van der Waals surface area contributed by atoms with Crippen LogP contribution in [0.2, 0.25) is 0 Å². The number of allylic oxidation sites excluding steroid dienone is 1. The van der Waals surface area contributed by atoms with Crippen molar-refractivity contribution in [3.8, 4) is 0 Å². The summed E-state index contributed by atoms with van der Waals surface area (Å²) in [5.74, 6) is -1.33. The topological polar surface area (TPSA) is 66.4 Å². The van der Waals surface area contributed by atoms with Crippen LogP contribution in [0.4, 0.5) is 0 Å². The average molecular weight is 287 g/mol. The van der Waals surface area contributed by atoms with Crippen LogP contribution in [0.15, 0.2) is 24.3 Å². The number of hydrogen-bond acceptors (Lipinski definition) is 2. The molecule has 0 spiro atoms. The van der Waals surface area contributed by atoms with E-state index in [0.717, 1.165) is 24.0 Å². The van der Waals surface area contributed by atoms with Crippen molar-refractivity contribution in [1.29, 1.82) is 0 Å². The minimum absolute atomic E-state index is 0.328. The van der Waals surface area contributed by atoms with Crippen molar-refractivity contribution < 1.29 is 14.7 Å². The van der Waals surface area contributed by atoms with Crippen LogP contribution in [0.3, 0.4) is 0 Å². The third-order valence-corrected chi connectivity index (χ3v) is 3.89. The van der Waals surface area contributed by atoms with Crippen LogP contribution in [0, 0.1) is 0 Å². The molecule has 1 aliphatic carbocycles. The van der Waals surface area contributed by atoms with E-state index in [-0.39, 0.29) is 5.91 Å². The number of amides is 1. The molecule has 1 amide bonds. The maximum Gasteiger partial charge on any atom is 0.329 e. The highest BCUT2D eigenvalue weighted by Gasteiger charge is 2.34. The predicted octanol–water partition coefficient (Wildman–Crippen LogP) is 3.02. The lowest BCUT2D eigenvalue weighted by atomic mass is 9.93. The minimum Gasteiger partial charge on any atom is -0.480 e. The van der Waals surface area contributed by atoms with Crippen molar-refractivity contribution in [1.82, 2.24) is 5.32 Å². The van der Waals surface area contributed by atoms with Crippen LogP contribution >= 0.6 is 0 Å². The van der Waals surface area contributed by atoms with E-state index in [1.165, 1.54) is 0 Å². The zero-order chi connectivity index (χ0) is 15.5. The molecule has 1 atom stereocenters. The van der Waals surface area contributed by atoms with Gasteiger partial charge in [0.1, 0.15) is 5.54 Å². The molecule has 0 heterocycles. The summed E-state index contributed by atoms with van der Waals surface area (Å²) in [5, 5.41) is 12.0. The molecule has 0 aromatic heterocycles. The fourth-order valence-corrected chi connectivity index (χ4v) is 2.62. The van der Waals surface area contributed by atoms with E-state index in [0.29, 0.717) is 18.4 Å². The molecule has 0 fully saturated rings. The molecule has 21 heavy (non-hydrogen) atoms. The second kappa shape index (κ2) is 6.12. The first-order chi connectivity index (χ1) is 9.96. The van der Waals surface area contributed by atoms with Crippen molar-refractivity contribution in [3.63, 3.8) is 0 Å². The van der Waals surface area contributed by atoms with Gasteiger partial charge in [-0.25, -0.2) is 4.79 Å². The van der Waals surface area contributed by atoms with Crippen molar-refractivity contribution in [3.05, 3.63) is 41.0 Å². The van der Waals surface area contributed by atoms with Crippen molar-refractivity contribution in [2.24, 2.45) is 0 Å². The Kier molecular flexibility index (Phi) is 4.46. The Hall–Kier alpha value is -2.10. The predicted molar refractivity (Wildman–Crippen MR) is 82.2 cm³/mol. The van der Waals surface area contributed by atoms with Crippen LogP contribution in [-0.4, -0.2) is 22.5 Å². The number of aryl methyl sites for hydroxylation is 1. The fraction of sp³-hybridized carbons (Fsp3) is 0.412. The standard InChI is InChI=1S/C17H21NO3/c1-3-10-17(2,16(20)21)18-15(19)14-9-8-12-6-4-5-7-13(12)11-14/h4,6,8-9,11H,3,5,7,10H2,1-2H3,(H,18,19)(H,20,21). The van der Waals surface area contributed by atoms with E-state index in [4.69, 9.17) is 0 Å². The lowest BCUT2D eigenvalue weighted by Gasteiger charge is -2.26. The number of hydrogen-bond donors (Lipinski definition) is 2. The highest BCUT2D eigenvalue weighted by Crippen LogP contribution is 2.21. The lowest BCUT2D eigenvalue weighted by molar-refractivity contribution is -0.144. The van der Waals surface area contributed by atoms with E-state index in [2.05, 4.69) is 17.5 Å². The largest absolute Gasteiger partial charge is 0.480 e. The number of aliphatic carboxylic acids is 1. The molecule has 1 aromatic carbocycles. The molecule has 1 unspecified atom stereocenters. The Morgan fingerprint density at radius 3 is 2.81 bits per heavy atom. The van der Waals surface area contributed by atoms with Crippen LogP contribution in [0.1, 0.15) is 54.6 Å². The minimum atomic E-state index is -1.22. The summed E-state index contributed by atoms with van der Waals surface area (Å²) in [6.45, 7) is 3.45. The number of carbonyl (C=O) groups excluding carboxylic acids is 1. The summed E-state index contributed by atoms with van der Waals surface area (Å²) in [4.78, 5) is 23.7.